The van der Waals surface area contributed by atoms with Crippen molar-refractivity contribution in [3.8, 4) is 16.9 Å². The van der Waals surface area contributed by atoms with Crippen molar-refractivity contribution in [3.05, 3.63) is 90.0 Å². The number of benzene rings is 5. The maximum Gasteiger partial charge on any atom is 0.194 e. The fourth-order valence-corrected chi connectivity index (χ4v) is 4.66. The third-order valence-electron chi connectivity index (χ3n) is 5.88. The molecule has 2 nitrogen and oxygen atoms in total. The molecule has 0 N–H and O–H groups in total. The summed E-state index contributed by atoms with van der Waals surface area (Å²) in [6.45, 7) is 0. The highest BCUT2D eigenvalue weighted by Gasteiger charge is 2.31. The van der Waals surface area contributed by atoms with Crippen molar-refractivity contribution >= 4 is 38.1 Å². The average Bonchev–Trinajstić information content (AvgIpc) is 3.05. The van der Waals surface area contributed by atoms with Crippen LogP contribution < -0.4 is 4.74 Å². The molecule has 0 radical (unpaired) electrons. The molecule has 1 aliphatic rings. The Morgan fingerprint density at radius 3 is 2.11 bits per heavy atom. The van der Waals surface area contributed by atoms with Crippen molar-refractivity contribution in [1.82, 2.24) is 0 Å². The molecule has 0 unspecified atom stereocenters. The maximum atomic E-state index is 13.1. The largest absolute Gasteiger partial charge is 0.496 e. The van der Waals surface area contributed by atoms with E-state index >= 15 is 0 Å². The SMILES string of the molecule is COc1cccc2c1-c1c(ccc3ccc4ccc5ccccc5c4c13)C2=O. The number of methoxy groups -OCH3 is 1. The number of carbonyl (C=O) groups is 1. The van der Waals surface area contributed by atoms with Gasteiger partial charge in [0.15, 0.2) is 5.78 Å². The Bertz CT molecular complexity index is 1460. The van der Waals surface area contributed by atoms with Gasteiger partial charge in [0, 0.05) is 22.3 Å². The molecule has 5 aromatic carbocycles. The van der Waals surface area contributed by atoms with E-state index in [9.17, 15) is 4.79 Å². The van der Waals surface area contributed by atoms with Crippen molar-refractivity contribution in [2.75, 3.05) is 7.11 Å². The van der Waals surface area contributed by atoms with Gasteiger partial charge in [-0.3, -0.25) is 4.79 Å². The van der Waals surface area contributed by atoms with Crippen LogP contribution in [0.5, 0.6) is 5.75 Å². The monoisotopic (exact) mass is 360 g/mol. The molecular weight excluding hydrogens is 344 g/mol. The van der Waals surface area contributed by atoms with E-state index in [-0.39, 0.29) is 5.78 Å². The molecule has 28 heavy (non-hydrogen) atoms. The summed E-state index contributed by atoms with van der Waals surface area (Å²) in [6.07, 6.45) is 0. The van der Waals surface area contributed by atoms with Gasteiger partial charge in [0.2, 0.25) is 0 Å². The summed E-state index contributed by atoms with van der Waals surface area (Å²) < 4.78 is 5.66. The second-order valence-electron chi connectivity index (χ2n) is 7.25. The van der Waals surface area contributed by atoms with Gasteiger partial charge in [0.1, 0.15) is 5.75 Å². The molecule has 6 rings (SSSR count). The van der Waals surface area contributed by atoms with Gasteiger partial charge in [-0.05, 0) is 44.5 Å². The molecule has 0 saturated heterocycles. The fourth-order valence-electron chi connectivity index (χ4n) is 4.66. The number of hydrogen-bond donors (Lipinski definition) is 0. The standard InChI is InChI=1S/C26H16O2/c1-28-21-8-4-7-19-24(21)25-20(26(19)27)14-13-17-12-11-16-10-9-15-5-2-3-6-18(15)22(16)23(17)25/h2-14H,1H3. The summed E-state index contributed by atoms with van der Waals surface area (Å²) in [5.74, 6) is 0.817. The number of fused-ring (bicyclic) bond motifs is 9. The van der Waals surface area contributed by atoms with E-state index in [0.29, 0.717) is 0 Å². The molecule has 0 saturated carbocycles. The van der Waals surface area contributed by atoms with Crippen LogP contribution >= 0.6 is 0 Å². The first-order chi connectivity index (χ1) is 13.8. The first kappa shape index (κ1) is 15.4. The number of rotatable bonds is 1. The minimum atomic E-state index is 0.0723. The highest BCUT2D eigenvalue weighted by Crippen LogP contribution is 2.48. The first-order valence-corrected chi connectivity index (χ1v) is 9.37. The van der Waals surface area contributed by atoms with Gasteiger partial charge >= 0.3 is 0 Å². The molecule has 0 fully saturated rings. The lowest BCUT2D eigenvalue weighted by atomic mass is 9.90. The van der Waals surface area contributed by atoms with E-state index < -0.39 is 0 Å². The molecule has 0 aromatic heterocycles. The zero-order valence-corrected chi connectivity index (χ0v) is 15.3. The summed E-state index contributed by atoms with van der Waals surface area (Å²) >= 11 is 0. The molecule has 2 heteroatoms. The smallest absolute Gasteiger partial charge is 0.194 e. The van der Waals surface area contributed by atoms with Crippen LogP contribution in [0.4, 0.5) is 0 Å². The Morgan fingerprint density at radius 1 is 0.607 bits per heavy atom. The topological polar surface area (TPSA) is 26.3 Å². The van der Waals surface area contributed by atoms with Gasteiger partial charge in [-0.15, -0.1) is 0 Å². The number of ketones is 1. The van der Waals surface area contributed by atoms with Crippen LogP contribution in [-0.4, -0.2) is 12.9 Å². The van der Waals surface area contributed by atoms with Crippen LogP contribution in [-0.2, 0) is 0 Å². The van der Waals surface area contributed by atoms with E-state index in [1.54, 1.807) is 7.11 Å². The van der Waals surface area contributed by atoms with Gasteiger partial charge in [-0.1, -0.05) is 66.7 Å². The predicted octanol–water partition coefficient (Wildman–Crippen LogP) is 6.37. The minimum Gasteiger partial charge on any atom is -0.496 e. The molecular formula is C26H16O2. The van der Waals surface area contributed by atoms with Crippen LogP contribution in [0.2, 0.25) is 0 Å². The quantitative estimate of drug-likeness (QED) is 0.319. The zero-order chi connectivity index (χ0) is 18.8. The van der Waals surface area contributed by atoms with E-state index in [1.165, 1.54) is 21.5 Å². The molecule has 0 atom stereocenters. The Balaban J connectivity index is 1.93. The van der Waals surface area contributed by atoms with Gasteiger partial charge in [0.25, 0.3) is 0 Å². The summed E-state index contributed by atoms with van der Waals surface area (Å²) in [5, 5.41) is 7.03. The molecule has 0 aliphatic heterocycles. The fraction of sp³-hybridized carbons (Fsp3) is 0.0385. The lowest BCUT2D eigenvalue weighted by Gasteiger charge is -2.14. The molecule has 1 aliphatic carbocycles. The number of hydrogen-bond acceptors (Lipinski definition) is 2. The van der Waals surface area contributed by atoms with E-state index in [2.05, 4.69) is 54.6 Å². The van der Waals surface area contributed by atoms with Gasteiger partial charge in [0.05, 0.1) is 7.11 Å². The molecule has 0 bridgehead atoms. The third-order valence-corrected chi connectivity index (χ3v) is 5.88. The molecule has 0 amide bonds. The van der Waals surface area contributed by atoms with Crippen LogP contribution in [0.3, 0.4) is 0 Å². The predicted molar refractivity (Wildman–Crippen MR) is 114 cm³/mol. The van der Waals surface area contributed by atoms with Crippen molar-refractivity contribution in [1.29, 1.82) is 0 Å². The Kier molecular flexibility index (Phi) is 2.99. The van der Waals surface area contributed by atoms with E-state index in [0.717, 1.165) is 38.8 Å². The second kappa shape index (κ2) is 5.43. The lowest BCUT2D eigenvalue weighted by molar-refractivity contribution is 0.104. The maximum absolute atomic E-state index is 13.1. The summed E-state index contributed by atoms with van der Waals surface area (Å²) in [6, 6.07) is 26.8. The van der Waals surface area contributed by atoms with Crippen molar-refractivity contribution in [2.45, 2.75) is 0 Å². The van der Waals surface area contributed by atoms with Crippen LogP contribution in [0.1, 0.15) is 15.9 Å². The third kappa shape index (κ3) is 1.84. The molecule has 5 aromatic rings. The normalized spacial score (nSPS) is 12.5. The van der Waals surface area contributed by atoms with E-state index in [4.69, 9.17) is 4.74 Å². The van der Waals surface area contributed by atoms with Crippen LogP contribution in [0.25, 0.3) is 43.4 Å². The van der Waals surface area contributed by atoms with Crippen LogP contribution in [0.15, 0.2) is 78.9 Å². The van der Waals surface area contributed by atoms with Gasteiger partial charge in [-0.2, -0.15) is 0 Å². The average molecular weight is 360 g/mol. The van der Waals surface area contributed by atoms with Crippen molar-refractivity contribution in [2.24, 2.45) is 0 Å². The molecule has 0 spiro atoms. The molecule has 132 valence electrons. The van der Waals surface area contributed by atoms with Crippen molar-refractivity contribution < 1.29 is 9.53 Å². The highest BCUT2D eigenvalue weighted by molar-refractivity contribution is 6.32. The highest BCUT2D eigenvalue weighted by atomic mass is 16.5. The minimum absolute atomic E-state index is 0.0723. The van der Waals surface area contributed by atoms with Crippen LogP contribution in [0, 0.1) is 0 Å². The lowest BCUT2D eigenvalue weighted by Crippen LogP contribution is -1.95. The Labute approximate surface area is 162 Å². The zero-order valence-electron chi connectivity index (χ0n) is 15.3. The van der Waals surface area contributed by atoms with Crippen molar-refractivity contribution in [3.63, 3.8) is 0 Å². The Hall–Kier alpha value is -3.65. The van der Waals surface area contributed by atoms with Gasteiger partial charge in [-0.25, -0.2) is 0 Å². The summed E-state index contributed by atoms with van der Waals surface area (Å²) in [4.78, 5) is 13.1. The molecule has 0 heterocycles. The van der Waals surface area contributed by atoms with Gasteiger partial charge < -0.3 is 4.74 Å². The summed E-state index contributed by atoms with van der Waals surface area (Å²) in [5.41, 5.74) is 3.39. The first-order valence-electron chi connectivity index (χ1n) is 9.37. The second-order valence-corrected chi connectivity index (χ2v) is 7.25. The summed E-state index contributed by atoms with van der Waals surface area (Å²) in [7, 11) is 1.66. The Morgan fingerprint density at radius 2 is 1.29 bits per heavy atom. The number of ether oxygens (including phenoxy) is 1. The number of carbonyl (C=O) groups excluding carboxylic acids is 1. The van der Waals surface area contributed by atoms with E-state index in [1.807, 2.05) is 24.3 Å².